The van der Waals surface area contributed by atoms with Crippen molar-refractivity contribution in [1.82, 2.24) is 0 Å². The second-order valence-corrected chi connectivity index (χ2v) is 26.6. The number of rotatable bonds is 17. The first kappa shape index (κ1) is 34.0. The van der Waals surface area contributed by atoms with Gasteiger partial charge in [-0.15, -0.1) is 0 Å². The van der Waals surface area contributed by atoms with E-state index >= 15 is 0 Å². The predicted molar refractivity (Wildman–Crippen MR) is 153 cm³/mol. The van der Waals surface area contributed by atoms with Gasteiger partial charge in [0.15, 0.2) is 25.0 Å². The third-order valence-electron chi connectivity index (χ3n) is 7.87. The van der Waals surface area contributed by atoms with Gasteiger partial charge >= 0.3 is 5.97 Å². The lowest BCUT2D eigenvalue weighted by atomic mass is 9.87. The maximum absolute atomic E-state index is 12.0. The summed E-state index contributed by atoms with van der Waals surface area (Å²) in [6.07, 6.45) is 2.90. The van der Waals surface area contributed by atoms with Crippen LogP contribution in [-0.2, 0) is 22.8 Å². The Morgan fingerprint density at radius 2 is 1.41 bits per heavy atom. The summed E-state index contributed by atoms with van der Waals surface area (Å²) >= 11 is 0. The molecule has 0 aromatic rings. The molecule has 0 aliphatic heterocycles. The minimum atomic E-state index is -1.90. The lowest BCUT2D eigenvalue weighted by molar-refractivity contribution is -0.141. The van der Waals surface area contributed by atoms with Crippen molar-refractivity contribution in [2.75, 3.05) is 20.3 Å². The number of methoxy groups -OCH3 is 1. The van der Waals surface area contributed by atoms with Crippen LogP contribution in [0.25, 0.3) is 0 Å². The fourth-order valence-corrected chi connectivity index (χ4v) is 9.53. The van der Waals surface area contributed by atoms with Gasteiger partial charge in [0.25, 0.3) is 0 Å². The zero-order chi connectivity index (χ0) is 26.8. The average molecular weight is 535 g/mol. The normalized spacial score (nSPS) is 16.3. The smallest absolute Gasteiger partial charge is 0.305 e. The van der Waals surface area contributed by atoms with Gasteiger partial charge in [0.2, 0.25) is 0 Å². The van der Waals surface area contributed by atoms with Crippen LogP contribution in [0, 0.1) is 5.92 Å². The summed E-state index contributed by atoms with van der Waals surface area (Å²) in [4.78, 5) is 12.0. The van der Waals surface area contributed by atoms with Crippen molar-refractivity contribution in [3.05, 3.63) is 0 Å². The Morgan fingerprint density at radius 1 is 0.882 bits per heavy atom. The second kappa shape index (κ2) is 14.1. The average Bonchev–Trinajstić information content (AvgIpc) is 2.74. The summed E-state index contributed by atoms with van der Waals surface area (Å²) < 4.78 is 25.4. The fourth-order valence-electron chi connectivity index (χ4n) is 4.18. The number of carbonyl (C=O) groups excluding carboxylic acids is 1. The number of ether oxygens (including phenoxy) is 1. The molecular weight excluding hydrogens is 477 g/mol. The summed E-state index contributed by atoms with van der Waals surface area (Å²) in [6.45, 7) is 28.5. The molecule has 0 heterocycles. The van der Waals surface area contributed by atoms with Crippen LogP contribution in [-0.4, -0.2) is 56.8 Å². The third-order valence-corrected chi connectivity index (χ3v) is 18.0. The van der Waals surface area contributed by atoms with Crippen molar-refractivity contribution in [2.24, 2.45) is 5.92 Å². The van der Waals surface area contributed by atoms with Crippen LogP contribution in [0.4, 0.5) is 0 Å². The Morgan fingerprint density at radius 3 is 1.79 bits per heavy atom. The van der Waals surface area contributed by atoms with Gasteiger partial charge < -0.3 is 18.0 Å². The van der Waals surface area contributed by atoms with E-state index in [0.29, 0.717) is 19.6 Å². The van der Waals surface area contributed by atoms with Crippen molar-refractivity contribution in [3.63, 3.8) is 0 Å². The molecule has 0 aliphatic carbocycles. The Bertz CT molecular complexity index is 586. The van der Waals surface area contributed by atoms with Crippen LogP contribution in [0.5, 0.6) is 0 Å². The topological polar surface area (TPSA) is 54.0 Å². The SMILES string of the molecule is CC[C@@](CO[Si](CC)(CC)CC)(C[C@@H](CCC(=O)OC)CO[Si](C)(C)C(C)(C)C)O[Si](C)(C)C. The first-order valence-electron chi connectivity index (χ1n) is 13.5. The molecule has 0 saturated carbocycles. The van der Waals surface area contributed by atoms with Gasteiger partial charge in [-0.05, 0) is 81.1 Å². The second-order valence-electron chi connectivity index (χ2n) is 12.5. The van der Waals surface area contributed by atoms with Gasteiger partial charge in [0.05, 0.1) is 19.3 Å². The molecule has 2 atom stereocenters. The van der Waals surface area contributed by atoms with Crippen molar-refractivity contribution in [1.29, 1.82) is 0 Å². The molecule has 0 amide bonds. The Labute approximate surface area is 215 Å². The standard InChI is InChI=1S/C26H58O5Si3/c1-14-26(31-32(9,10)11,22-30-34(15-2,16-3)17-4)20-23(18-19-24(27)28-8)21-29-33(12,13)25(5,6)7/h23H,14-22H2,1-13H3/t23-,26+/m1/s1. The molecule has 204 valence electrons. The predicted octanol–water partition coefficient (Wildman–Crippen LogP) is 7.99. The molecule has 0 aromatic heterocycles. The number of esters is 1. The summed E-state index contributed by atoms with van der Waals surface area (Å²) in [5.41, 5.74) is -0.347. The highest BCUT2D eigenvalue weighted by molar-refractivity contribution is 6.74. The molecule has 0 aromatic carbocycles. The van der Waals surface area contributed by atoms with Gasteiger partial charge in [-0.25, -0.2) is 0 Å². The Balaban J connectivity index is 5.96. The van der Waals surface area contributed by atoms with Crippen LogP contribution in [0.2, 0.25) is 55.9 Å². The van der Waals surface area contributed by atoms with Crippen molar-refractivity contribution in [2.45, 2.75) is 136 Å². The largest absolute Gasteiger partial charge is 0.469 e. The molecule has 0 aliphatic rings. The van der Waals surface area contributed by atoms with Crippen molar-refractivity contribution >= 4 is 30.9 Å². The van der Waals surface area contributed by atoms with Crippen molar-refractivity contribution in [3.8, 4) is 0 Å². The summed E-state index contributed by atoms with van der Waals surface area (Å²) in [6, 6.07) is 3.40. The van der Waals surface area contributed by atoms with E-state index in [2.05, 4.69) is 81.2 Å². The molecule has 0 fully saturated rings. The minimum absolute atomic E-state index is 0.147. The first-order chi connectivity index (χ1) is 15.4. The van der Waals surface area contributed by atoms with E-state index in [4.69, 9.17) is 18.0 Å². The summed E-state index contributed by atoms with van der Waals surface area (Å²) in [7, 11) is -4.02. The molecule has 0 unspecified atom stereocenters. The van der Waals surface area contributed by atoms with Gasteiger partial charge in [-0.1, -0.05) is 48.5 Å². The van der Waals surface area contributed by atoms with E-state index in [1.54, 1.807) is 0 Å². The highest BCUT2D eigenvalue weighted by Crippen LogP contribution is 2.39. The molecule has 0 spiro atoms. The fraction of sp³-hybridized carbons (Fsp3) is 0.962. The highest BCUT2D eigenvalue weighted by Gasteiger charge is 2.42. The Hall–Kier alpha value is 0.000649. The number of hydrogen-bond acceptors (Lipinski definition) is 5. The maximum atomic E-state index is 12.0. The van der Waals surface area contributed by atoms with E-state index in [-0.39, 0.29) is 22.5 Å². The third kappa shape index (κ3) is 11.4. The van der Waals surface area contributed by atoms with Gasteiger partial charge in [0.1, 0.15) is 0 Å². The van der Waals surface area contributed by atoms with E-state index < -0.39 is 25.0 Å². The minimum Gasteiger partial charge on any atom is -0.469 e. The van der Waals surface area contributed by atoms with Crippen LogP contribution in [0.3, 0.4) is 0 Å². The van der Waals surface area contributed by atoms with Crippen LogP contribution in [0.15, 0.2) is 0 Å². The highest BCUT2D eigenvalue weighted by atomic mass is 28.4. The Kier molecular flexibility index (Phi) is 14.1. The number of carbonyl (C=O) groups is 1. The quantitative estimate of drug-likeness (QED) is 0.140. The van der Waals surface area contributed by atoms with E-state index in [0.717, 1.165) is 37.4 Å². The summed E-state index contributed by atoms with van der Waals surface area (Å²) in [5, 5.41) is 0.147. The zero-order valence-electron chi connectivity index (χ0n) is 25.0. The van der Waals surface area contributed by atoms with Crippen molar-refractivity contribution < 1.29 is 22.8 Å². The van der Waals surface area contributed by atoms with E-state index in [1.165, 1.54) is 7.11 Å². The molecule has 0 bridgehead atoms. The molecule has 0 rings (SSSR count). The lowest BCUT2D eigenvalue weighted by Crippen LogP contribution is -2.51. The van der Waals surface area contributed by atoms with Crippen LogP contribution < -0.4 is 0 Å². The molecular formula is C26H58O5Si3. The van der Waals surface area contributed by atoms with Gasteiger partial charge in [0, 0.05) is 13.0 Å². The van der Waals surface area contributed by atoms with Gasteiger partial charge in [-0.3, -0.25) is 4.79 Å². The van der Waals surface area contributed by atoms with Crippen LogP contribution >= 0.6 is 0 Å². The molecule has 0 saturated heterocycles. The lowest BCUT2D eigenvalue weighted by Gasteiger charge is -2.44. The first-order valence-corrected chi connectivity index (χ1v) is 22.3. The van der Waals surface area contributed by atoms with E-state index in [9.17, 15) is 4.79 Å². The molecule has 8 heteroatoms. The monoisotopic (exact) mass is 534 g/mol. The molecule has 0 radical (unpaired) electrons. The molecule has 34 heavy (non-hydrogen) atoms. The molecule has 5 nitrogen and oxygen atoms in total. The van der Waals surface area contributed by atoms with E-state index in [1.807, 2.05) is 0 Å². The van der Waals surface area contributed by atoms with Gasteiger partial charge in [-0.2, -0.15) is 0 Å². The maximum Gasteiger partial charge on any atom is 0.305 e. The number of hydrogen-bond donors (Lipinski definition) is 0. The zero-order valence-corrected chi connectivity index (χ0v) is 28.0. The molecule has 0 N–H and O–H groups in total. The summed E-state index contributed by atoms with van der Waals surface area (Å²) in [5.74, 6) is 0.0604. The van der Waals surface area contributed by atoms with Crippen LogP contribution in [0.1, 0.15) is 74.1 Å².